The number of hydrogen-bond acceptors (Lipinski definition) is 4. The predicted molar refractivity (Wildman–Crippen MR) is 106 cm³/mol. The van der Waals surface area contributed by atoms with Crippen molar-refractivity contribution in [3.05, 3.63) is 45.9 Å². The molecule has 0 bridgehead atoms. The Kier molecular flexibility index (Phi) is 16.2. The first kappa shape index (κ1) is 29.1. The smallest absolute Gasteiger partial charge is 0.0587 e. The Morgan fingerprint density at radius 1 is 0.769 bits per heavy atom. The molecule has 1 aliphatic heterocycles. The monoisotopic (exact) mass is 535 g/mol. The SMILES string of the molecule is CC#N.CC#N.CC1=C(C)N(C)[CH-]N1C.Cc1c(C)c(C)[c-](C)c1C.[Ir]. The molecule has 1 radical (unpaired) electrons. The van der Waals surface area contributed by atoms with E-state index in [0.717, 1.165) is 0 Å². The third-order valence-corrected chi connectivity index (χ3v) is 4.74. The van der Waals surface area contributed by atoms with Crippen molar-refractivity contribution in [2.75, 3.05) is 14.1 Å². The van der Waals surface area contributed by atoms with Gasteiger partial charge in [0, 0.05) is 34.0 Å². The molecule has 0 saturated heterocycles. The minimum Gasteiger partial charge on any atom is -0.508 e. The fourth-order valence-electron chi connectivity index (χ4n) is 2.35. The predicted octanol–water partition coefficient (Wildman–Crippen LogP) is 5.24. The van der Waals surface area contributed by atoms with Gasteiger partial charge in [0.05, 0.1) is 12.1 Å². The first-order valence-corrected chi connectivity index (χ1v) is 8.31. The van der Waals surface area contributed by atoms with E-state index in [-0.39, 0.29) is 20.1 Å². The van der Waals surface area contributed by atoms with Crippen molar-refractivity contribution in [3.63, 3.8) is 0 Å². The molecule has 0 unspecified atom stereocenters. The average Bonchev–Trinajstić information content (AvgIpc) is 2.87. The van der Waals surface area contributed by atoms with Gasteiger partial charge in [-0.25, -0.2) is 0 Å². The fourth-order valence-corrected chi connectivity index (χ4v) is 2.35. The summed E-state index contributed by atoms with van der Waals surface area (Å²) in [4.78, 5) is 4.24. The maximum Gasteiger partial charge on any atom is 0.0587 e. The number of nitriles is 2. The first-order chi connectivity index (χ1) is 11.5. The summed E-state index contributed by atoms with van der Waals surface area (Å²) in [7, 11) is 4.12. The van der Waals surface area contributed by atoms with Gasteiger partial charge in [-0.1, -0.05) is 34.6 Å². The van der Waals surface area contributed by atoms with Crippen LogP contribution in [0.15, 0.2) is 11.4 Å². The van der Waals surface area contributed by atoms with Crippen LogP contribution in [-0.2, 0) is 20.1 Å². The molecule has 0 amide bonds. The second-order valence-corrected chi connectivity index (χ2v) is 6.08. The van der Waals surface area contributed by atoms with E-state index in [1.807, 2.05) is 0 Å². The number of hydrogen-bond donors (Lipinski definition) is 0. The molecule has 0 saturated carbocycles. The van der Waals surface area contributed by atoms with Crippen molar-refractivity contribution in [2.24, 2.45) is 0 Å². The van der Waals surface area contributed by atoms with Crippen LogP contribution in [0.2, 0.25) is 0 Å². The first-order valence-electron chi connectivity index (χ1n) is 8.31. The number of rotatable bonds is 0. The molecule has 0 aliphatic carbocycles. The van der Waals surface area contributed by atoms with Gasteiger partial charge >= 0.3 is 0 Å². The third kappa shape index (κ3) is 8.61. The van der Waals surface area contributed by atoms with Crippen molar-refractivity contribution in [1.82, 2.24) is 9.80 Å². The summed E-state index contributed by atoms with van der Waals surface area (Å²) in [5, 5.41) is 14.6. The maximum atomic E-state index is 7.32. The molecule has 1 aromatic carbocycles. The van der Waals surface area contributed by atoms with Gasteiger partial charge in [-0.15, -0.1) is 0 Å². The van der Waals surface area contributed by atoms with E-state index in [9.17, 15) is 0 Å². The Hall–Kier alpha value is -1.68. The molecule has 0 aromatic heterocycles. The second-order valence-electron chi connectivity index (χ2n) is 6.08. The molecule has 5 heteroatoms. The van der Waals surface area contributed by atoms with Crippen molar-refractivity contribution in [1.29, 1.82) is 10.5 Å². The molecule has 26 heavy (non-hydrogen) atoms. The fraction of sp³-hybridized carbons (Fsp3) is 0.524. The van der Waals surface area contributed by atoms with E-state index in [1.165, 1.54) is 53.1 Å². The van der Waals surface area contributed by atoms with Crippen LogP contribution in [-0.4, -0.2) is 23.9 Å². The number of allylic oxidation sites excluding steroid dienone is 2. The van der Waals surface area contributed by atoms with Gasteiger partial charge in [0.25, 0.3) is 0 Å². The van der Waals surface area contributed by atoms with Gasteiger partial charge in [0.15, 0.2) is 0 Å². The molecular formula is C21H34IrN4-2. The number of nitrogens with zero attached hydrogens (tertiary/aromatic N) is 4. The Morgan fingerprint density at radius 2 is 1.00 bits per heavy atom. The zero-order valence-corrected chi connectivity index (χ0v) is 20.6. The zero-order valence-electron chi connectivity index (χ0n) is 18.2. The molecular weight excluding hydrogens is 500 g/mol. The van der Waals surface area contributed by atoms with Gasteiger partial charge in [0.2, 0.25) is 0 Å². The van der Waals surface area contributed by atoms with Crippen LogP contribution >= 0.6 is 0 Å². The largest absolute Gasteiger partial charge is 0.508 e. The Labute approximate surface area is 174 Å². The summed E-state index contributed by atoms with van der Waals surface area (Å²) in [5.41, 5.74) is 10.0. The summed E-state index contributed by atoms with van der Waals surface area (Å²) >= 11 is 0. The molecule has 4 nitrogen and oxygen atoms in total. The molecule has 1 aliphatic rings. The second kappa shape index (κ2) is 14.5. The zero-order chi connectivity index (χ0) is 20.3. The quantitative estimate of drug-likeness (QED) is 0.427. The minimum absolute atomic E-state index is 0. The van der Waals surface area contributed by atoms with Gasteiger partial charge in [-0.3, -0.25) is 0 Å². The molecule has 0 N–H and O–H groups in total. The van der Waals surface area contributed by atoms with Crippen molar-refractivity contribution in [2.45, 2.75) is 62.3 Å². The summed E-state index contributed by atoms with van der Waals surface area (Å²) in [5.74, 6) is 0. The van der Waals surface area contributed by atoms with E-state index in [4.69, 9.17) is 10.5 Å². The summed E-state index contributed by atoms with van der Waals surface area (Å²) in [6.45, 7) is 20.2. The summed E-state index contributed by atoms with van der Waals surface area (Å²) < 4.78 is 0. The third-order valence-electron chi connectivity index (χ3n) is 4.74. The normalized spacial score (nSPS) is 11.6. The molecule has 1 heterocycles. The Balaban J connectivity index is -0.000000306. The van der Waals surface area contributed by atoms with E-state index in [1.54, 1.807) is 12.1 Å². The molecule has 1 aromatic rings. The van der Waals surface area contributed by atoms with Gasteiger partial charge < -0.3 is 9.80 Å². The van der Waals surface area contributed by atoms with Crippen molar-refractivity contribution >= 4 is 0 Å². The maximum absolute atomic E-state index is 7.32. The standard InChI is InChI=1S/C10H15.C7H13N2.2C2H3N.Ir/c1-6-7(2)9(4)10(5)8(6)3;1-6-7(2)9(4)5-8(6)3;2*1-2-3;/h1-5H3;5H,1-4H3;2*1H3;/q2*-1;;;. The Morgan fingerprint density at radius 3 is 1.08 bits per heavy atom. The van der Waals surface area contributed by atoms with E-state index < -0.39 is 0 Å². The molecule has 0 fully saturated rings. The van der Waals surface area contributed by atoms with Gasteiger partial charge in [-0.2, -0.15) is 45.0 Å². The van der Waals surface area contributed by atoms with Crippen molar-refractivity contribution in [3.8, 4) is 12.1 Å². The van der Waals surface area contributed by atoms with Gasteiger partial charge in [-0.05, 0) is 39.3 Å². The topological polar surface area (TPSA) is 54.1 Å². The molecule has 2 rings (SSSR count). The van der Waals surface area contributed by atoms with Gasteiger partial charge in [0.1, 0.15) is 0 Å². The van der Waals surface area contributed by atoms with Crippen molar-refractivity contribution < 1.29 is 20.1 Å². The van der Waals surface area contributed by atoms with E-state index in [0.29, 0.717) is 0 Å². The van der Waals surface area contributed by atoms with Crippen LogP contribution in [0.4, 0.5) is 0 Å². The van der Waals surface area contributed by atoms with Crippen LogP contribution in [0.25, 0.3) is 0 Å². The van der Waals surface area contributed by atoms with Crippen LogP contribution in [0.5, 0.6) is 0 Å². The van der Waals surface area contributed by atoms with Crippen LogP contribution in [0, 0.1) is 63.9 Å². The molecule has 149 valence electrons. The van der Waals surface area contributed by atoms with Crippen LogP contribution in [0.1, 0.15) is 55.5 Å². The van der Waals surface area contributed by atoms with Crippen LogP contribution in [0.3, 0.4) is 0 Å². The molecule has 0 spiro atoms. The van der Waals surface area contributed by atoms with E-state index in [2.05, 4.69) is 79.0 Å². The Bertz CT molecular complexity index is 549. The van der Waals surface area contributed by atoms with Crippen LogP contribution < -0.4 is 0 Å². The minimum atomic E-state index is 0. The summed E-state index contributed by atoms with van der Waals surface area (Å²) in [6.07, 6.45) is 0. The summed E-state index contributed by atoms with van der Waals surface area (Å²) in [6, 6.07) is 3.50. The molecule has 0 atom stereocenters. The average molecular weight is 535 g/mol. The van der Waals surface area contributed by atoms with E-state index >= 15 is 0 Å².